The second kappa shape index (κ2) is 10.1. The number of nitrogens with zero attached hydrogens (tertiary/aromatic N) is 1. The molecule has 0 aliphatic carbocycles. The second-order valence-electron chi connectivity index (χ2n) is 6.57. The van der Waals surface area contributed by atoms with Crippen LogP contribution in [0.3, 0.4) is 0 Å². The summed E-state index contributed by atoms with van der Waals surface area (Å²) in [5.41, 5.74) is 6.41. The Balaban J connectivity index is 2.92. The van der Waals surface area contributed by atoms with Crippen LogP contribution in [-0.4, -0.2) is 10.8 Å². The Morgan fingerprint density at radius 3 is 2.21 bits per heavy atom. The van der Waals surface area contributed by atoms with Crippen molar-refractivity contribution in [3.63, 3.8) is 0 Å². The number of rotatable bonds is 12. The van der Waals surface area contributed by atoms with E-state index in [0.717, 1.165) is 24.8 Å². The minimum atomic E-state index is -0.383. The van der Waals surface area contributed by atoms with Gasteiger partial charge in [-0.05, 0) is 30.2 Å². The maximum Gasteiger partial charge on any atom is 0.269 e. The lowest BCUT2D eigenvalue weighted by Crippen LogP contribution is -2.28. The van der Waals surface area contributed by atoms with E-state index in [4.69, 9.17) is 5.73 Å². The smallest absolute Gasteiger partial charge is 0.269 e. The highest BCUT2D eigenvalue weighted by Gasteiger charge is 2.30. The summed E-state index contributed by atoms with van der Waals surface area (Å²) in [7, 11) is 0. The molecule has 0 radical (unpaired) electrons. The second-order valence-corrected chi connectivity index (χ2v) is 6.57. The Morgan fingerprint density at radius 2 is 1.71 bits per heavy atom. The molecule has 0 bridgehead atoms. The highest BCUT2D eigenvalue weighted by atomic mass is 16.6. The molecule has 0 saturated heterocycles. The highest BCUT2D eigenvalue weighted by molar-refractivity contribution is 5.73. The van der Waals surface area contributed by atoms with E-state index in [1.165, 1.54) is 25.7 Å². The molecule has 1 aromatic carbocycles. The molecule has 134 valence electrons. The molecule has 0 aliphatic heterocycles. The summed E-state index contributed by atoms with van der Waals surface area (Å²) >= 11 is 0. The number of primary amides is 1. The molecular formula is C19H30N2O3. The molecule has 0 heterocycles. The van der Waals surface area contributed by atoms with Crippen LogP contribution in [0.2, 0.25) is 0 Å². The lowest BCUT2D eigenvalue weighted by Gasteiger charge is -2.33. The number of amides is 1. The Kier molecular flexibility index (Phi) is 8.44. The number of nitro groups is 1. The van der Waals surface area contributed by atoms with Gasteiger partial charge in [0.05, 0.1) is 4.92 Å². The number of nitro benzene ring substituents is 1. The molecule has 2 N–H and O–H groups in total. The molecule has 1 unspecified atom stereocenters. The van der Waals surface area contributed by atoms with Crippen molar-refractivity contribution in [2.45, 2.75) is 77.0 Å². The zero-order valence-electron chi connectivity index (χ0n) is 14.9. The Labute approximate surface area is 144 Å². The molecule has 0 aromatic heterocycles. The number of carbonyl (C=O) groups is 1. The molecule has 0 spiro atoms. The molecular weight excluding hydrogens is 304 g/mol. The van der Waals surface area contributed by atoms with Gasteiger partial charge in [-0.3, -0.25) is 14.9 Å². The zero-order valence-corrected chi connectivity index (χ0v) is 14.9. The monoisotopic (exact) mass is 334 g/mol. The van der Waals surface area contributed by atoms with Crippen LogP contribution in [0.15, 0.2) is 24.3 Å². The van der Waals surface area contributed by atoms with E-state index in [1.54, 1.807) is 12.1 Å². The Hall–Kier alpha value is -1.91. The lowest BCUT2D eigenvalue weighted by molar-refractivity contribution is -0.384. The van der Waals surface area contributed by atoms with E-state index in [0.29, 0.717) is 12.8 Å². The summed E-state index contributed by atoms with van der Waals surface area (Å²) in [5, 5.41) is 10.9. The summed E-state index contributed by atoms with van der Waals surface area (Å²) in [6.45, 7) is 4.31. The van der Waals surface area contributed by atoms with Crippen LogP contribution in [0.4, 0.5) is 5.69 Å². The third kappa shape index (κ3) is 5.95. The van der Waals surface area contributed by atoms with Gasteiger partial charge in [0.15, 0.2) is 0 Å². The number of unbranched alkanes of at least 4 members (excludes halogenated alkanes) is 4. The van der Waals surface area contributed by atoms with Gasteiger partial charge in [-0.25, -0.2) is 0 Å². The number of hydrogen-bond donors (Lipinski definition) is 1. The summed E-state index contributed by atoms with van der Waals surface area (Å²) in [5.74, 6) is -0.291. The van der Waals surface area contributed by atoms with Crippen LogP contribution in [0.5, 0.6) is 0 Å². The van der Waals surface area contributed by atoms with Gasteiger partial charge in [0.25, 0.3) is 5.69 Å². The minimum Gasteiger partial charge on any atom is -0.370 e. The third-order valence-electron chi connectivity index (χ3n) is 4.98. The number of benzene rings is 1. The predicted octanol–water partition coefficient (Wildman–Crippen LogP) is 4.87. The van der Waals surface area contributed by atoms with Crippen molar-refractivity contribution in [1.29, 1.82) is 0 Å². The maximum absolute atomic E-state index is 11.3. The summed E-state index contributed by atoms with van der Waals surface area (Å²) in [4.78, 5) is 21.8. The first-order valence-corrected chi connectivity index (χ1v) is 8.98. The molecule has 1 amide bonds. The average Bonchev–Trinajstić information content (AvgIpc) is 2.57. The van der Waals surface area contributed by atoms with Gasteiger partial charge < -0.3 is 5.73 Å². The van der Waals surface area contributed by atoms with Gasteiger partial charge in [-0.2, -0.15) is 0 Å². The van der Waals surface area contributed by atoms with Gasteiger partial charge in [0.2, 0.25) is 5.91 Å². The Bertz CT molecular complexity index is 528. The van der Waals surface area contributed by atoms with Gasteiger partial charge in [0.1, 0.15) is 0 Å². The van der Waals surface area contributed by atoms with Crippen molar-refractivity contribution in [2.24, 2.45) is 5.73 Å². The number of nitrogens with two attached hydrogens (primary N) is 1. The first kappa shape index (κ1) is 20.1. The van der Waals surface area contributed by atoms with Gasteiger partial charge in [-0.1, -0.05) is 58.1 Å². The fraction of sp³-hybridized carbons (Fsp3) is 0.632. The van der Waals surface area contributed by atoms with Crippen molar-refractivity contribution in [2.75, 3.05) is 0 Å². The van der Waals surface area contributed by atoms with E-state index in [2.05, 4.69) is 13.8 Å². The molecule has 5 nitrogen and oxygen atoms in total. The van der Waals surface area contributed by atoms with Gasteiger partial charge in [0, 0.05) is 18.6 Å². The number of non-ortho nitro benzene ring substituents is 1. The first-order chi connectivity index (χ1) is 11.4. The quantitative estimate of drug-likeness (QED) is 0.336. The van der Waals surface area contributed by atoms with Crippen molar-refractivity contribution in [3.8, 4) is 0 Å². The molecule has 24 heavy (non-hydrogen) atoms. The summed E-state index contributed by atoms with van der Waals surface area (Å²) in [6, 6.07) is 6.80. The summed E-state index contributed by atoms with van der Waals surface area (Å²) in [6.07, 6.45) is 8.89. The van der Waals surface area contributed by atoms with Crippen LogP contribution in [0.1, 0.15) is 77.2 Å². The van der Waals surface area contributed by atoms with Gasteiger partial charge >= 0.3 is 0 Å². The van der Waals surface area contributed by atoms with Crippen molar-refractivity contribution < 1.29 is 9.72 Å². The summed E-state index contributed by atoms with van der Waals surface area (Å²) < 4.78 is 0. The van der Waals surface area contributed by atoms with Crippen molar-refractivity contribution >= 4 is 11.6 Å². The zero-order chi connectivity index (χ0) is 18.0. The molecule has 1 aromatic rings. The average molecular weight is 334 g/mol. The maximum atomic E-state index is 11.3. The van der Waals surface area contributed by atoms with Gasteiger partial charge in [-0.15, -0.1) is 0 Å². The molecule has 0 aliphatic rings. The Morgan fingerprint density at radius 1 is 1.08 bits per heavy atom. The normalized spacial score (nSPS) is 13.4. The third-order valence-corrected chi connectivity index (χ3v) is 4.98. The molecule has 5 heteroatoms. The van der Waals surface area contributed by atoms with Crippen molar-refractivity contribution in [1.82, 2.24) is 0 Å². The van der Waals surface area contributed by atoms with E-state index >= 15 is 0 Å². The van der Waals surface area contributed by atoms with Crippen LogP contribution in [-0.2, 0) is 10.2 Å². The topological polar surface area (TPSA) is 86.2 Å². The molecule has 0 saturated carbocycles. The van der Waals surface area contributed by atoms with Crippen LogP contribution in [0.25, 0.3) is 0 Å². The fourth-order valence-corrected chi connectivity index (χ4v) is 3.34. The standard InChI is InChI=1S/C19H30N2O3/c1-3-5-6-7-8-14-19(4-2,15-13-18(20)22)16-9-11-17(12-10-16)21(23)24/h9-12H,3-8,13-15H2,1-2H3,(H2,20,22). The largest absolute Gasteiger partial charge is 0.370 e. The predicted molar refractivity (Wildman–Crippen MR) is 96.9 cm³/mol. The van der Waals surface area contributed by atoms with E-state index < -0.39 is 0 Å². The number of hydrogen-bond acceptors (Lipinski definition) is 3. The lowest BCUT2D eigenvalue weighted by atomic mass is 9.71. The van der Waals surface area contributed by atoms with Crippen LogP contribution < -0.4 is 5.73 Å². The molecule has 1 atom stereocenters. The molecule has 0 fully saturated rings. The van der Waals surface area contributed by atoms with Crippen LogP contribution in [0, 0.1) is 10.1 Å². The molecule has 1 rings (SSSR count). The number of carbonyl (C=O) groups excluding carboxylic acids is 1. The van der Waals surface area contributed by atoms with E-state index in [9.17, 15) is 14.9 Å². The SMILES string of the molecule is CCCCCCCC(CC)(CCC(N)=O)c1ccc([N+](=O)[O-])cc1. The van der Waals surface area contributed by atoms with E-state index in [1.807, 2.05) is 12.1 Å². The highest BCUT2D eigenvalue weighted by Crippen LogP contribution is 2.38. The van der Waals surface area contributed by atoms with Crippen LogP contribution >= 0.6 is 0 Å². The first-order valence-electron chi connectivity index (χ1n) is 8.98. The van der Waals surface area contributed by atoms with Crippen molar-refractivity contribution in [3.05, 3.63) is 39.9 Å². The van der Waals surface area contributed by atoms with E-state index in [-0.39, 0.29) is 21.9 Å². The minimum absolute atomic E-state index is 0.0987. The fourth-order valence-electron chi connectivity index (χ4n) is 3.34.